The fraction of sp³-hybridized carbons (Fsp3) is 0.500. The number of amides is 2. The quantitative estimate of drug-likeness (QED) is 0.575. The lowest BCUT2D eigenvalue weighted by atomic mass is 10.4. The molecule has 0 radical (unpaired) electrons. The number of aldehydes is 1. The smallest absolute Gasteiger partial charge is 0.288 e. The molecule has 0 aromatic rings. The van der Waals surface area contributed by atoms with Crippen LogP contribution in [0.1, 0.15) is 6.42 Å². The summed E-state index contributed by atoms with van der Waals surface area (Å²) in [6, 6.07) is 0. The Balaban J connectivity index is 2.47. The first-order valence-corrected chi connectivity index (χ1v) is 4.15. The highest BCUT2D eigenvalue weighted by molar-refractivity contribution is 8.14. The van der Waals surface area contributed by atoms with Gasteiger partial charge in [-0.3, -0.25) is 14.5 Å². The van der Waals surface area contributed by atoms with E-state index in [1.54, 1.807) is 0 Å². The Morgan fingerprint density at radius 2 is 2.27 bits per heavy atom. The van der Waals surface area contributed by atoms with E-state index >= 15 is 0 Å². The minimum Gasteiger partial charge on any atom is -0.303 e. The van der Waals surface area contributed by atoms with Crippen LogP contribution in [0.5, 0.6) is 0 Å². The monoisotopic (exact) mass is 173 g/mol. The zero-order chi connectivity index (χ0) is 8.27. The molecule has 11 heavy (non-hydrogen) atoms. The molecule has 0 atom stereocenters. The van der Waals surface area contributed by atoms with E-state index in [1.807, 2.05) is 0 Å². The van der Waals surface area contributed by atoms with E-state index in [9.17, 15) is 14.4 Å². The molecule has 1 aliphatic rings. The average molecular weight is 173 g/mol. The lowest BCUT2D eigenvalue weighted by molar-refractivity contribution is -0.124. The summed E-state index contributed by atoms with van der Waals surface area (Å²) < 4.78 is 0. The second-order valence-corrected chi connectivity index (χ2v) is 2.98. The molecule has 0 aliphatic carbocycles. The van der Waals surface area contributed by atoms with Crippen LogP contribution in [-0.2, 0) is 9.59 Å². The van der Waals surface area contributed by atoms with E-state index < -0.39 is 0 Å². The third-order valence-electron chi connectivity index (χ3n) is 1.31. The van der Waals surface area contributed by atoms with Gasteiger partial charge in [0.05, 0.1) is 5.75 Å². The van der Waals surface area contributed by atoms with Crippen LogP contribution in [0, 0.1) is 0 Å². The predicted octanol–water partition coefficient (Wildman–Crippen LogP) is 0.271. The fourth-order valence-corrected chi connectivity index (χ4v) is 1.53. The Morgan fingerprint density at radius 3 is 2.73 bits per heavy atom. The number of hydrogen-bond acceptors (Lipinski definition) is 4. The van der Waals surface area contributed by atoms with Gasteiger partial charge in [-0.05, 0) is 0 Å². The van der Waals surface area contributed by atoms with Gasteiger partial charge >= 0.3 is 0 Å². The average Bonchev–Trinajstić information content (AvgIpc) is 2.29. The first-order valence-electron chi connectivity index (χ1n) is 3.16. The van der Waals surface area contributed by atoms with Gasteiger partial charge in [0.2, 0.25) is 5.91 Å². The van der Waals surface area contributed by atoms with Crippen molar-refractivity contribution in [1.29, 1.82) is 0 Å². The Hall–Kier alpha value is -0.840. The van der Waals surface area contributed by atoms with Crippen molar-refractivity contribution in [2.45, 2.75) is 6.42 Å². The maximum absolute atomic E-state index is 10.9. The Kier molecular flexibility index (Phi) is 2.64. The molecule has 0 aromatic heterocycles. The van der Waals surface area contributed by atoms with Gasteiger partial charge < -0.3 is 4.79 Å². The molecule has 4 nitrogen and oxygen atoms in total. The number of thioether (sulfide) groups is 1. The largest absolute Gasteiger partial charge is 0.303 e. The summed E-state index contributed by atoms with van der Waals surface area (Å²) >= 11 is 0.985. The molecule has 1 fully saturated rings. The first kappa shape index (κ1) is 8.26. The summed E-state index contributed by atoms with van der Waals surface area (Å²) in [7, 11) is 0. The molecule has 1 aliphatic heterocycles. The van der Waals surface area contributed by atoms with Gasteiger partial charge in [0.15, 0.2) is 0 Å². The number of rotatable bonds is 3. The molecule has 0 aromatic carbocycles. The van der Waals surface area contributed by atoms with Crippen LogP contribution in [0.3, 0.4) is 0 Å². The molecule has 0 N–H and O–H groups in total. The lowest BCUT2D eigenvalue weighted by Crippen LogP contribution is -2.29. The van der Waals surface area contributed by atoms with Crippen molar-refractivity contribution in [3.63, 3.8) is 0 Å². The van der Waals surface area contributed by atoms with Gasteiger partial charge in [0, 0.05) is 13.0 Å². The van der Waals surface area contributed by atoms with E-state index in [0.29, 0.717) is 6.29 Å². The van der Waals surface area contributed by atoms with E-state index in [2.05, 4.69) is 0 Å². The van der Waals surface area contributed by atoms with Crippen LogP contribution in [0.2, 0.25) is 0 Å². The maximum atomic E-state index is 10.9. The van der Waals surface area contributed by atoms with Gasteiger partial charge in [-0.1, -0.05) is 11.8 Å². The van der Waals surface area contributed by atoms with Crippen LogP contribution in [0.25, 0.3) is 0 Å². The predicted molar refractivity (Wildman–Crippen MR) is 40.2 cm³/mol. The topological polar surface area (TPSA) is 54.5 Å². The van der Waals surface area contributed by atoms with E-state index in [0.717, 1.165) is 16.7 Å². The summed E-state index contributed by atoms with van der Waals surface area (Å²) in [5, 5.41) is -0.239. The Labute approximate surface area is 67.9 Å². The minimum atomic E-state index is -0.239. The van der Waals surface area contributed by atoms with Gasteiger partial charge in [-0.15, -0.1) is 0 Å². The highest BCUT2D eigenvalue weighted by Crippen LogP contribution is 2.18. The summed E-state index contributed by atoms with van der Waals surface area (Å²) in [6.45, 7) is 0.230. The first-order chi connectivity index (χ1) is 5.25. The molecule has 1 heterocycles. The number of carbonyl (C=O) groups is 3. The Bertz CT molecular complexity index is 188. The van der Waals surface area contributed by atoms with Crippen LogP contribution >= 0.6 is 11.8 Å². The van der Waals surface area contributed by atoms with Crippen molar-refractivity contribution in [3.8, 4) is 0 Å². The lowest BCUT2D eigenvalue weighted by Gasteiger charge is -2.08. The summed E-state index contributed by atoms with van der Waals surface area (Å²) in [5.41, 5.74) is 0. The van der Waals surface area contributed by atoms with E-state index in [-0.39, 0.29) is 29.9 Å². The molecular formula is C6H7NO3S. The van der Waals surface area contributed by atoms with Crippen molar-refractivity contribution < 1.29 is 14.4 Å². The van der Waals surface area contributed by atoms with Crippen molar-refractivity contribution in [3.05, 3.63) is 0 Å². The second kappa shape index (κ2) is 3.52. The molecule has 60 valence electrons. The van der Waals surface area contributed by atoms with Gasteiger partial charge in [0.1, 0.15) is 6.29 Å². The van der Waals surface area contributed by atoms with Gasteiger partial charge in [-0.25, -0.2) is 0 Å². The van der Waals surface area contributed by atoms with Crippen molar-refractivity contribution in [1.82, 2.24) is 4.90 Å². The van der Waals surface area contributed by atoms with Crippen LogP contribution in [-0.4, -0.2) is 34.6 Å². The van der Waals surface area contributed by atoms with Crippen molar-refractivity contribution >= 4 is 29.2 Å². The number of carbonyl (C=O) groups excluding carboxylic acids is 3. The molecule has 0 bridgehead atoms. The molecular weight excluding hydrogens is 166 g/mol. The molecule has 0 spiro atoms. The van der Waals surface area contributed by atoms with Gasteiger partial charge in [-0.2, -0.15) is 0 Å². The standard InChI is InChI=1S/C6H7NO3S/c8-3-1-2-7-5(9)4-11-6(7)10/h3H,1-2,4H2. The molecule has 2 amide bonds. The zero-order valence-corrected chi connectivity index (χ0v) is 6.60. The van der Waals surface area contributed by atoms with Crippen LogP contribution < -0.4 is 0 Å². The third-order valence-corrected chi connectivity index (χ3v) is 2.17. The highest BCUT2D eigenvalue weighted by atomic mass is 32.2. The number of imide groups is 1. The van der Waals surface area contributed by atoms with E-state index in [1.165, 1.54) is 0 Å². The van der Waals surface area contributed by atoms with Crippen LogP contribution in [0.15, 0.2) is 0 Å². The summed E-state index contributed by atoms with van der Waals surface area (Å²) in [5.74, 6) is 0.0272. The molecule has 1 rings (SSSR count). The molecule has 0 saturated carbocycles. The van der Waals surface area contributed by atoms with Crippen molar-refractivity contribution in [2.75, 3.05) is 12.3 Å². The Morgan fingerprint density at radius 1 is 1.55 bits per heavy atom. The summed E-state index contributed by atoms with van der Waals surface area (Å²) in [4.78, 5) is 32.7. The normalized spacial score (nSPS) is 17.6. The summed E-state index contributed by atoms with van der Waals surface area (Å²) in [6.07, 6.45) is 0.932. The zero-order valence-electron chi connectivity index (χ0n) is 5.78. The maximum Gasteiger partial charge on any atom is 0.288 e. The molecule has 0 unspecified atom stereocenters. The third kappa shape index (κ3) is 1.80. The van der Waals surface area contributed by atoms with E-state index in [4.69, 9.17) is 0 Å². The molecule has 1 saturated heterocycles. The van der Waals surface area contributed by atoms with Crippen molar-refractivity contribution in [2.24, 2.45) is 0 Å². The SMILES string of the molecule is O=CCCN1C(=O)CSC1=O. The molecule has 5 heteroatoms. The fourth-order valence-electron chi connectivity index (χ4n) is 0.779. The van der Waals surface area contributed by atoms with Crippen LogP contribution in [0.4, 0.5) is 4.79 Å². The number of nitrogens with zero attached hydrogens (tertiary/aromatic N) is 1. The van der Waals surface area contributed by atoms with Gasteiger partial charge in [0.25, 0.3) is 5.24 Å². The number of hydrogen-bond donors (Lipinski definition) is 0. The highest BCUT2D eigenvalue weighted by Gasteiger charge is 2.28. The second-order valence-electron chi connectivity index (χ2n) is 2.06. The minimum absolute atomic E-state index is 0.193.